The van der Waals surface area contributed by atoms with Crippen LogP contribution in [0.15, 0.2) is 36.5 Å². The number of hydrogen-bond acceptors (Lipinski definition) is 2. The lowest BCUT2D eigenvalue weighted by molar-refractivity contribution is -0.125. The maximum atomic E-state index is 13.4. The maximum Gasteiger partial charge on any atom is 0.136 e. The van der Waals surface area contributed by atoms with Crippen LogP contribution in [0.1, 0.15) is 226 Å². The SMILES string of the molecule is CCCCC/C=C\C/C=C\CCCCCCCCC(CCCCCCCC/C=C\CCCCCCCC)CC(=O)C1CCC(N(C)C)CC1. The molecule has 286 valence electrons. The van der Waals surface area contributed by atoms with Crippen molar-refractivity contribution in [1.82, 2.24) is 4.90 Å². The van der Waals surface area contributed by atoms with Gasteiger partial charge in [-0.3, -0.25) is 4.79 Å². The van der Waals surface area contributed by atoms with E-state index in [1.165, 1.54) is 186 Å². The van der Waals surface area contributed by atoms with Gasteiger partial charge in [0.25, 0.3) is 0 Å². The predicted octanol–water partition coefficient (Wildman–Crippen LogP) is 15.3. The van der Waals surface area contributed by atoms with Crippen LogP contribution in [0, 0.1) is 11.8 Å². The fourth-order valence-electron chi connectivity index (χ4n) is 7.82. The summed E-state index contributed by atoms with van der Waals surface area (Å²) in [6, 6.07) is 0.680. The predicted molar refractivity (Wildman–Crippen MR) is 221 cm³/mol. The zero-order chi connectivity index (χ0) is 35.5. The van der Waals surface area contributed by atoms with Crippen molar-refractivity contribution in [3.63, 3.8) is 0 Å². The lowest BCUT2D eigenvalue weighted by Gasteiger charge is -2.32. The molecule has 1 aliphatic rings. The van der Waals surface area contributed by atoms with Crippen LogP contribution in [0.3, 0.4) is 0 Å². The van der Waals surface area contributed by atoms with E-state index in [0.29, 0.717) is 23.7 Å². The van der Waals surface area contributed by atoms with E-state index in [2.05, 4.69) is 69.3 Å². The van der Waals surface area contributed by atoms with E-state index in [1.807, 2.05) is 0 Å². The molecule has 2 heteroatoms. The van der Waals surface area contributed by atoms with Crippen molar-refractivity contribution in [3.05, 3.63) is 36.5 Å². The molecule has 49 heavy (non-hydrogen) atoms. The van der Waals surface area contributed by atoms with Crippen molar-refractivity contribution in [2.24, 2.45) is 11.8 Å². The second kappa shape index (κ2) is 35.3. The second-order valence-corrected chi connectivity index (χ2v) is 16.1. The van der Waals surface area contributed by atoms with Gasteiger partial charge in [0, 0.05) is 18.4 Å². The van der Waals surface area contributed by atoms with Gasteiger partial charge in [0.2, 0.25) is 0 Å². The summed E-state index contributed by atoms with van der Waals surface area (Å²) in [6.45, 7) is 4.56. The average molecular weight is 682 g/mol. The zero-order valence-electron chi connectivity index (χ0n) is 33.9. The lowest BCUT2D eigenvalue weighted by atomic mass is 9.79. The van der Waals surface area contributed by atoms with Crippen LogP contribution in [0.5, 0.6) is 0 Å². The van der Waals surface area contributed by atoms with Crippen LogP contribution in [0.25, 0.3) is 0 Å². The van der Waals surface area contributed by atoms with Crippen molar-refractivity contribution >= 4 is 5.78 Å². The Morgan fingerprint density at radius 1 is 0.510 bits per heavy atom. The Kier molecular flexibility index (Phi) is 33.0. The van der Waals surface area contributed by atoms with E-state index >= 15 is 0 Å². The van der Waals surface area contributed by atoms with E-state index in [0.717, 1.165) is 25.7 Å². The molecule has 0 aromatic carbocycles. The fraction of sp³-hybridized carbons (Fsp3) is 0.851. The first kappa shape index (κ1) is 45.9. The van der Waals surface area contributed by atoms with Gasteiger partial charge in [-0.2, -0.15) is 0 Å². The van der Waals surface area contributed by atoms with Gasteiger partial charge in [0.1, 0.15) is 5.78 Å². The quantitative estimate of drug-likeness (QED) is 0.0490. The normalized spacial score (nSPS) is 17.7. The number of hydrogen-bond donors (Lipinski definition) is 0. The molecule has 0 bridgehead atoms. The highest BCUT2D eigenvalue weighted by atomic mass is 16.1. The summed E-state index contributed by atoms with van der Waals surface area (Å²) in [5, 5.41) is 0. The first-order chi connectivity index (χ1) is 24.1. The lowest BCUT2D eigenvalue weighted by Crippen LogP contribution is -2.34. The highest BCUT2D eigenvalue weighted by Gasteiger charge is 2.28. The van der Waals surface area contributed by atoms with Crippen LogP contribution >= 0.6 is 0 Å². The van der Waals surface area contributed by atoms with Crippen molar-refractivity contribution in [2.45, 2.75) is 232 Å². The van der Waals surface area contributed by atoms with Crippen LogP contribution in [0.2, 0.25) is 0 Å². The third-order valence-electron chi connectivity index (χ3n) is 11.3. The monoisotopic (exact) mass is 682 g/mol. The molecule has 1 fully saturated rings. The Morgan fingerprint density at radius 2 is 0.878 bits per heavy atom. The van der Waals surface area contributed by atoms with E-state index in [-0.39, 0.29) is 0 Å². The summed E-state index contributed by atoms with van der Waals surface area (Å²) in [4.78, 5) is 15.8. The minimum atomic E-state index is 0.342. The Labute approximate surface area is 308 Å². The molecule has 0 spiro atoms. The summed E-state index contributed by atoms with van der Waals surface area (Å²) < 4.78 is 0. The van der Waals surface area contributed by atoms with Crippen LogP contribution in [-0.2, 0) is 4.79 Å². The molecule has 1 rings (SSSR count). The molecule has 0 radical (unpaired) electrons. The van der Waals surface area contributed by atoms with E-state index in [9.17, 15) is 4.79 Å². The molecule has 2 nitrogen and oxygen atoms in total. The molecule has 1 unspecified atom stereocenters. The van der Waals surface area contributed by atoms with Crippen LogP contribution in [-0.4, -0.2) is 30.8 Å². The molecule has 0 amide bonds. The number of carbonyl (C=O) groups is 1. The minimum Gasteiger partial charge on any atom is -0.306 e. The fourth-order valence-corrected chi connectivity index (χ4v) is 7.82. The molecule has 0 aliphatic heterocycles. The third kappa shape index (κ3) is 29.2. The van der Waals surface area contributed by atoms with Crippen molar-refractivity contribution in [2.75, 3.05) is 14.1 Å². The minimum absolute atomic E-state index is 0.342. The molecule has 0 saturated heterocycles. The van der Waals surface area contributed by atoms with E-state index in [1.54, 1.807) is 0 Å². The molecule has 1 saturated carbocycles. The van der Waals surface area contributed by atoms with Gasteiger partial charge >= 0.3 is 0 Å². The number of unbranched alkanes of at least 4 members (excludes halogenated alkanes) is 21. The van der Waals surface area contributed by atoms with Crippen molar-refractivity contribution in [3.8, 4) is 0 Å². The first-order valence-electron chi connectivity index (χ1n) is 22.2. The number of rotatable bonds is 35. The smallest absolute Gasteiger partial charge is 0.136 e. The summed E-state index contributed by atoms with van der Waals surface area (Å²) in [5.41, 5.74) is 0. The Morgan fingerprint density at radius 3 is 1.33 bits per heavy atom. The average Bonchev–Trinajstić information content (AvgIpc) is 3.11. The third-order valence-corrected chi connectivity index (χ3v) is 11.3. The molecule has 0 aromatic heterocycles. The largest absolute Gasteiger partial charge is 0.306 e. The summed E-state index contributed by atoms with van der Waals surface area (Å²) in [6.07, 6.45) is 57.2. The molecular formula is C47H87NO. The van der Waals surface area contributed by atoms with Gasteiger partial charge < -0.3 is 4.90 Å². The highest BCUT2D eigenvalue weighted by molar-refractivity contribution is 5.81. The summed E-state index contributed by atoms with van der Waals surface area (Å²) in [7, 11) is 4.40. The van der Waals surface area contributed by atoms with E-state index < -0.39 is 0 Å². The number of allylic oxidation sites excluding steroid dienone is 6. The molecule has 0 aromatic rings. The van der Waals surface area contributed by atoms with Gasteiger partial charge in [-0.05, 0) is 103 Å². The van der Waals surface area contributed by atoms with E-state index in [4.69, 9.17) is 0 Å². The number of ketones is 1. The van der Waals surface area contributed by atoms with Crippen molar-refractivity contribution in [1.29, 1.82) is 0 Å². The van der Waals surface area contributed by atoms with Crippen molar-refractivity contribution < 1.29 is 4.79 Å². The molecule has 1 aliphatic carbocycles. The standard InChI is InChI=1S/C47H87NO/c1-5-7-9-11-13-15-17-19-21-23-25-27-29-31-33-35-37-44(43-47(49)45-39-41-46(42-40-45)48(3)4)38-36-34-32-30-28-26-24-22-20-18-16-14-12-10-8-6-2/h13,15,19-22,44-46H,5-12,14,16-18,23-43H2,1-4H3/b15-13-,21-19-,22-20-. The van der Waals surface area contributed by atoms with Gasteiger partial charge in [-0.1, -0.05) is 172 Å². The van der Waals surface area contributed by atoms with Crippen LogP contribution < -0.4 is 0 Å². The Bertz CT molecular complexity index is 786. The van der Waals surface area contributed by atoms with Gasteiger partial charge in [-0.15, -0.1) is 0 Å². The van der Waals surface area contributed by atoms with Gasteiger partial charge in [-0.25, -0.2) is 0 Å². The molecular weight excluding hydrogens is 595 g/mol. The summed E-state index contributed by atoms with van der Waals surface area (Å²) in [5.74, 6) is 1.57. The molecule has 0 N–H and O–H groups in total. The Balaban J connectivity index is 2.21. The number of Topliss-reactive ketones (excluding diaryl/α,β-unsaturated/α-hetero) is 1. The first-order valence-corrected chi connectivity index (χ1v) is 22.2. The highest BCUT2D eigenvalue weighted by Crippen LogP contribution is 2.31. The summed E-state index contributed by atoms with van der Waals surface area (Å²) >= 11 is 0. The maximum absolute atomic E-state index is 13.4. The molecule has 0 heterocycles. The zero-order valence-corrected chi connectivity index (χ0v) is 33.9. The Hall–Kier alpha value is -1.15. The number of nitrogens with zero attached hydrogens (tertiary/aromatic N) is 1. The van der Waals surface area contributed by atoms with Gasteiger partial charge in [0.05, 0.1) is 0 Å². The second-order valence-electron chi connectivity index (χ2n) is 16.1. The van der Waals surface area contributed by atoms with Crippen LogP contribution in [0.4, 0.5) is 0 Å². The topological polar surface area (TPSA) is 20.3 Å². The molecule has 1 atom stereocenters. The number of carbonyl (C=O) groups excluding carboxylic acids is 1. The van der Waals surface area contributed by atoms with Gasteiger partial charge in [0.15, 0.2) is 0 Å².